The summed E-state index contributed by atoms with van der Waals surface area (Å²) in [5.41, 5.74) is 1.01. The number of carbonyl (C=O) groups excluding carboxylic acids is 1. The number of carbonyl (C=O) groups is 2. The molecule has 3 heterocycles. The Morgan fingerprint density at radius 3 is 2.49 bits per heavy atom. The fraction of sp³-hybridized carbons (Fsp3) is 0.289. The van der Waals surface area contributed by atoms with Gasteiger partial charge >= 0.3 is 11.9 Å². The lowest BCUT2D eigenvalue weighted by molar-refractivity contribution is -0.422. The number of carboxylic acids is 1. The number of imidazole rings is 1. The number of aromatic hydroxyl groups is 2. The first-order chi connectivity index (χ1) is 25.4. The predicted molar refractivity (Wildman–Crippen MR) is 186 cm³/mol. The number of aromatic nitrogens is 2. The van der Waals surface area contributed by atoms with E-state index in [1.54, 1.807) is 24.4 Å². The number of fused-ring (bicyclic) bond motifs is 3. The van der Waals surface area contributed by atoms with E-state index in [2.05, 4.69) is 9.97 Å². The fourth-order valence-electron chi connectivity index (χ4n) is 7.51. The van der Waals surface area contributed by atoms with Gasteiger partial charge in [0, 0.05) is 41.9 Å². The van der Waals surface area contributed by atoms with E-state index in [4.69, 9.17) is 9.47 Å². The zero-order valence-corrected chi connectivity index (χ0v) is 27.9. The Morgan fingerprint density at radius 1 is 1.02 bits per heavy atom. The molecule has 1 fully saturated rings. The summed E-state index contributed by atoms with van der Waals surface area (Å²) in [6.45, 7) is -0.884. The van der Waals surface area contributed by atoms with Gasteiger partial charge in [-0.15, -0.1) is 0 Å². The van der Waals surface area contributed by atoms with Crippen molar-refractivity contribution in [2.45, 2.75) is 54.7 Å². The van der Waals surface area contributed by atoms with Crippen LogP contribution in [-0.2, 0) is 27.2 Å². The number of allylic oxidation sites excluding steroid dienone is 1. The number of phenolic OH excluding ortho intramolecular Hbond substituents is 2. The van der Waals surface area contributed by atoms with Gasteiger partial charge in [-0.3, -0.25) is 9.69 Å². The van der Waals surface area contributed by atoms with E-state index in [0.29, 0.717) is 24.0 Å². The Kier molecular flexibility index (Phi) is 9.32. The van der Waals surface area contributed by atoms with Crippen LogP contribution in [0.15, 0.2) is 91.4 Å². The van der Waals surface area contributed by atoms with Crippen molar-refractivity contribution in [2.75, 3.05) is 11.5 Å². The predicted octanol–water partition coefficient (Wildman–Crippen LogP) is 1.31. The molecular weight excluding hydrogens is 690 g/mol. The maximum Gasteiger partial charge on any atom is 0.355 e. The highest BCUT2D eigenvalue weighted by Crippen LogP contribution is 2.59. The number of aromatic amines is 1. The highest BCUT2D eigenvalue weighted by molar-refractivity contribution is 6.13. The van der Waals surface area contributed by atoms with Crippen molar-refractivity contribution in [1.82, 2.24) is 9.97 Å². The van der Waals surface area contributed by atoms with Gasteiger partial charge in [0.05, 0.1) is 18.6 Å². The molecule has 1 saturated heterocycles. The largest absolute Gasteiger partial charge is 0.508 e. The minimum absolute atomic E-state index is 0.00101. The summed E-state index contributed by atoms with van der Waals surface area (Å²) in [5.74, 6) is -7.77. The topological polar surface area (TPSA) is 246 Å². The molecule has 3 aromatic carbocycles. The van der Waals surface area contributed by atoms with Crippen LogP contribution in [0, 0.1) is 5.92 Å². The number of ether oxygens (including phenoxy) is 2. The second-order valence-corrected chi connectivity index (χ2v) is 13.3. The summed E-state index contributed by atoms with van der Waals surface area (Å²) in [6, 6.07) is 16.4. The molecular formula is C38H37N3O12. The molecule has 8 atom stereocenters. The third-order valence-corrected chi connectivity index (χ3v) is 10.1. The van der Waals surface area contributed by atoms with Crippen LogP contribution in [0.3, 0.4) is 0 Å². The van der Waals surface area contributed by atoms with E-state index in [0.717, 1.165) is 22.2 Å². The number of anilines is 1. The monoisotopic (exact) mass is 727 g/mol. The Balaban J connectivity index is 1.29. The van der Waals surface area contributed by atoms with E-state index in [1.165, 1.54) is 36.7 Å². The molecule has 1 amide bonds. The first-order valence-corrected chi connectivity index (χ1v) is 16.8. The van der Waals surface area contributed by atoms with Crippen LogP contribution < -0.4 is 9.64 Å². The molecule has 2 aliphatic heterocycles. The minimum atomic E-state index is -3.10. The van der Waals surface area contributed by atoms with Crippen LogP contribution in [0.2, 0.25) is 0 Å². The van der Waals surface area contributed by atoms with Gasteiger partial charge in [-0.05, 0) is 53.3 Å². The summed E-state index contributed by atoms with van der Waals surface area (Å²) >= 11 is 0. The average Bonchev–Trinajstić information content (AvgIpc) is 3.86. The first-order valence-electron chi connectivity index (χ1n) is 16.8. The summed E-state index contributed by atoms with van der Waals surface area (Å²) in [4.78, 5) is 35.8. The number of hydrogen-bond acceptors (Lipinski definition) is 12. The smallest absolute Gasteiger partial charge is 0.355 e. The van der Waals surface area contributed by atoms with Crippen LogP contribution in [0.25, 0.3) is 6.08 Å². The average molecular weight is 728 g/mol. The number of aliphatic hydroxyl groups is 5. The Hall–Kier alpha value is -5.55. The summed E-state index contributed by atoms with van der Waals surface area (Å²) < 4.78 is 10.7. The molecule has 8 unspecified atom stereocenters. The van der Waals surface area contributed by atoms with E-state index in [1.807, 2.05) is 30.3 Å². The lowest BCUT2D eigenvalue weighted by Crippen LogP contribution is -2.67. The normalized spacial score (nSPS) is 29.0. The van der Waals surface area contributed by atoms with Gasteiger partial charge in [-0.25, -0.2) is 9.78 Å². The summed E-state index contributed by atoms with van der Waals surface area (Å²) in [7, 11) is 0. The molecule has 4 aromatic rings. The zero-order chi connectivity index (χ0) is 37.7. The van der Waals surface area contributed by atoms with Crippen LogP contribution in [0.5, 0.6) is 17.2 Å². The standard InChI is InChI=1S/C38H37N3O12/c42-18-30-33(46)34(47)35(48)38(51,53-30)52-29-16-26-25(15-28(29)44)32-22(12-20-4-2-1-3-5-20)10-11-37(32,36(49)50)41(26)31(45)9-7-21-6-8-27(43)23(13-21)14-24-17-39-19-40-24/h1-11,13,15-17,19,22,30,32-35,42-44,46-48,51H,12,14,18H2,(H,39,40)(H,49,50). The molecule has 0 bridgehead atoms. The van der Waals surface area contributed by atoms with Gasteiger partial charge < -0.3 is 55.3 Å². The third kappa shape index (κ3) is 6.22. The van der Waals surface area contributed by atoms with Gasteiger partial charge in [-0.1, -0.05) is 48.6 Å². The molecule has 0 radical (unpaired) electrons. The molecule has 15 nitrogen and oxygen atoms in total. The number of aliphatic hydroxyl groups excluding tert-OH is 4. The molecule has 276 valence electrons. The number of benzene rings is 3. The highest BCUT2D eigenvalue weighted by Gasteiger charge is 2.62. The van der Waals surface area contributed by atoms with E-state index in [-0.39, 0.29) is 17.0 Å². The first kappa shape index (κ1) is 35.8. The molecule has 7 rings (SSSR count). The van der Waals surface area contributed by atoms with E-state index < -0.39 is 77.7 Å². The quantitative estimate of drug-likeness (QED) is 0.0636. The SMILES string of the molecule is O=C(C=Cc1ccc(O)c(Cc2cnc[nH]2)c1)N1c2cc(OC3(O)OC(CO)C(O)C(O)C3O)c(O)cc2C2C(Cc3ccccc3)C=CC21C(=O)O. The fourth-order valence-corrected chi connectivity index (χ4v) is 7.51. The lowest BCUT2D eigenvalue weighted by Gasteiger charge is -2.44. The van der Waals surface area contributed by atoms with Crippen LogP contribution in [0.1, 0.15) is 33.9 Å². The van der Waals surface area contributed by atoms with Crippen molar-refractivity contribution in [3.8, 4) is 17.2 Å². The van der Waals surface area contributed by atoms with Gasteiger partial charge in [0.25, 0.3) is 5.91 Å². The molecule has 9 N–H and O–H groups in total. The second kappa shape index (κ2) is 13.8. The van der Waals surface area contributed by atoms with Gasteiger partial charge in [0.15, 0.2) is 23.1 Å². The van der Waals surface area contributed by atoms with Crippen LogP contribution in [-0.4, -0.2) is 105 Å². The van der Waals surface area contributed by atoms with Crippen molar-refractivity contribution >= 4 is 23.6 Å². The van der Waals surface area contributed by atoms with Crippen molar-refractivity contribution in [3.63, 3.8) is 0 Å². The number of amides is 1. The molecule has 1 aromatic heterocycles. The van der Waals surface area contributed by atoms with Crippen LogP contribution >= 0.6 is 0 Å². The Bertz CT molecular complexity index is 2070. The maximum atomic E-state index is 14.3. The lowest BCUT2D eigenvalue weighted by atomic mass is 9.77. The summed E-state index contributed by atoms with van der Waals surface area (Å²) in [5, 5.41) is 84.6. The summed E-state index contributed by atoms with van der Waals surface area (Å²) in [6.07, 6.45) is 1.94. The van der Waals surface area contributed by atoms with Crippen molar-refractivity contribution in [3.05, 3.63) is 119 Å². The second-order valence-electron chi connectivity index (χ2n) is 13.3. The Morgan fingerprint density at radius 2 is 1.79 bits per heavy atom. The molecule has 15 heteroatoms. The van der Waals surface area contributed by atoms with Crippen molar-refractivity contribution in [2.24, 2.45) is 5.92 Å². The molecule has 53 heavy (non-hydrogen) atoms. The number of nitrogens with zero attached hydrogens (tertiary/aromatic N) is 2. The van der Waals surface area contributed by atoms with E-state index in [9.17, 15) is 50.4 Å². The van der Waals surface area contributed by atoms with E-state index >= 15 is 0 Å². The maximum absolute atomic E-state index is 14.3. The van der Waals surface area contributed by atoms with Gasteiger partial charge in [0.1, 0.15) is 24.1 Å². The zero-order valence-electron chi connectivity index (χ0n) is 27.9. The van der Waals surface area contributed by atoms with Gasteiger partial charge in [-0.2, -0.15) is 0 Å². The number of hydrogen-bond donors (Lipinski definition) is 9. The van der Waals surface area contributed by atoms with Crippen molar-refractivity contribution < 1.29 is 59.9 Å². The third-order valence-electron chi connectivity index (χ3n) is 10.1. The molecule has 0 saturated carbocycles. The number of H-pyrrole nitrogens is 1. The number of nitrogens with one attached hydrogen (secondary N) is 1. The Labute approximate surface area is 302 Å². The van der Waals surface area contributed by atoms with Crippen LogP contribution in [0.4, 0.5) is 5.69 Å². The minimum Gasteiger partial charge on any atom is -0.508 e. The molecule has 1 aliphatic carbocycles. The number of phenols is 2. The number of aliphatic carboxylic acids is 1. The molecule has 0 spiro atoms. The number of carboxylic acid groups (broad SMARTS) is 1. The molecule has 3 aliphatic rings. The highest BCUT2D eigenvalue weighted by atomic mass is 16.8. The number of rotatable bonds is 10. The van der Waals surface area contributed by atoms with Crippen molar-refractivity contribution in [1.29, 1.82) is 0 Å². The van der Waals surface area contributed by atoms with Gasteiger partial charge in [0.2, 0.25) is 0 Å².